The molecule has 1 unspecified atom stereocenters. The Hall–Kier alpha value is -0.470. The summed E-state index contributed by atoms with van der Waals surface area (Å²) in [4.78, 5) is 0. The maximum atomic E-state index is 3.70. The van der Waals surface area contributed by atoms with E-state index >= 15 is 0 Å². The molecule has 0 aromatic heterocycles. The van der Waals surface area contributed by atoms with E-state index in [4.69, 9.17) is 0 Å². The third-order valence-electron chi connectivity index (χ3n) is 3.69. The van der Waals surface area contributed by atoms with E-state index in [9.17, 15) is 0 Å². The van der Waals surface area contributed by atoms with Crippen LogP contribution in [0, 0.1) is 20.8 Å². The molecule has 1 nitrogen and oxygen atoms in total. The zero-order valence-electron chi connectivity index (χ0n) is 11.2. The van der Waals surface area contributed by atoms with Crippen LogP contribution in [0.25, 0.3) is 0 Å². The molecule has 1 saturated heterocycles. The zero-order valence-corrected chi connectivity index (χ0v) is 12.0. The summed E-state index contributed by atoms with van der Waals surface area (Å²) in [6, 6.07) is 5.37. The summed E-state index contributed by atoms with van der Waals surface area (Å²) in [6.45, 7) is 7.64. The van der Waals surface area contributed by atoms with Crippen molar-refractivity contribution in [2.75, 3.05) is 11.5 Å². The molecule has 1 aliphatic rings. The molecule has 1 heterocycles. The Morgan fingerprint density at radius 2 is 1.94 bits per heavy atom. The number of hydrogen-bond acceptors (Lipinski definition) is 2. The molecule has 0 bridgehead atoms. The van der Waals surface area contributed by atoms with E-state index in [1.807, 2.05) is 0 Å². The molecule has 2 heteroatoms. The summed E-state index contributed by atoms with van der Waals surface area (Å²) in [6.07, 6.45) is 2.71. The molecule has 94 valence electrons. The SMILES string of the molecule is Cc1cc(C)c(CNC2CCCSC2)cc1C. The highest BCUT2D eigenvalue weighted by Gasteiger charge is 2.13. The van der Waals surface area contributed by atoms with Gasteiger partial charge in [0, 0.05) is 18.3 Å². The second kappa shape index (κ2) is 5.92. The highest BCUT2D eigenvalue weighted by Crippen LogP contribution is 2.19. The zero-order chi connectivity index (χ0) is 12.3. The molecule has 0 saturated carbocycles. The van der Waals surface area contributed by atoms with Crippen molar-refractivity contribution in [1.29, 1.82) is 0 Å². The molecule has 1 N–H and O–H groups in total. The molecule has 1 aromatic carbocycles. The number of hydrogen-bond donors (Lipinski definition) is 1. The molecule has 17 heavy (non-hydrogen) atoms. The minimum atomic E-state index is 0.717. The highest BCUT2D eigenvalue weighted by atomic mass is 32.2. The fraction of sp³-hybridized carbons (Fsp3) is 0.600. The van der Waals surface area contributed by atoms with Crippen LogP contribution in [-0.4, -0.2) is 17.5 Å². The quantitative estimate of drug-likeness (QED) is 0.878. The summed E-state index contributed by atoms with van der Waals surface area (Å²) in [7, 11) is 0. The fourth-order valence-electron chi connectivity index (χ4n) is 2.37. The van der Waals surface area contributed by atoms with Gasteiger partial charge in [-0.1, -0.05) is 12.1 Å². The number of nitrogens with one attached hydrogen (secondary N) is 1. The van der Waals surface area contributed by atoms with Crippen LogP contribution in [-0.2, 0) is 6.54 Å². The van der Waals surface area contributed by atoms with Gasteiger partial charge in [-0.25, -0.2) is 0 Å². The van der Waals surface area contributed by atoms with Crippen LogP contribution < -0.4 is 5.32 Å². The van der Waals surface area contributed by atoms with Gasteiger partial charge in [0.2, 0.25) is 0 Å². The first-order valence-corrected chi connectivity index (χ1v) is 7.70. The molecule has 2 rings (SSSR count). The van der Waals surface area contributed by atoms with E-state index in [0.717, 1.165) is 12.6 Å². The van der Waals surface area contributed by atoms with Crippen molar-refractivity contribution >= 4 is 11.8 Å². The van der Waals surface area contributed by atoms with Crippen LogP contribution in [0.4, 0.5) is 0 Å². The monoisotopic (exact) mass is 249 g/mol. The molecule has 1 fully saturated rings. The minimum Gasteiger partial charge on any atom is -0.309 e. The second-order valence-electron chi connectivity index (χ2n) is 5.16. The number of thioether (sulfide) groups is 1. The average molecular weight is 249 g/mol. The van der Waals surface area contributed by atoms with Gasteiger partial charge in [-0.3, -0.25) is 0 Å². The van der Waals surface area contributed by atoms with Crippen LogP contribution in [0.5, 0.6) is 0 Å². The molecule has 0 spiro atoms. The molecule has 1 atom stereocenters. The summed E-state index contributed by atoms with van der Waals surface area (Å²) >= 11 is 2.09. The second-order valence-corrected chi connectivity index (χ2v) is 6.31. The first-order chi connectivity index (χ1) is 8.16. The van der Waals surface area contributed by atoms with Gasteiger partial charge >= 0.3 is 0 Å². The number of benzene rings is 1. The van der Waals surface area contributed by atoms with Crippen molar-refractivity contribution < 1.29 is 0 Å². The van der Waals surface area contributed by atoms with E-state index in [0.29, 0.717) is 0 Å². The standard InChI is InChI=1S/C15H23NS/c1-11-7-13(3)14(8-12(11)2)9-16-15-5-4-6-17-10-15/h7-8,15-16H,4-6,9-10H2,1-3H3. The lowest BCUT2D eigenvalue weighted by molar-refractivity contribution is 0.507. The van der Waals surface area contributed by atoms with Crippen molar-refractivity contribution in [3.05, 3.63) is 34.4 Å². The Morgan fingerprint density at radius 3 is 2.65 bits per heavy atom. The number of aryl methyl sites for hydroxylation is 3. The summed E-state index contributed by atoms with van der Waals surface area (Å²) in [5, 5.41) is 3.70. The Kier molecular flexibility index (Phi) is 4.52. The fourth-order valence-corrected chi connectivity index (χ4v) is 3.47. The Morgan fingerprint density at radius 1 is 1.18 bits per heavy atom. The summed E-state index contributed by atoms with van der Waals surface area (Å²) < 4.78 is 0. The van der Waals surface area contributed by atoms with Crippen LogP contribution in [0.2, 0.25) is 0 Å². The van der Waals surface area contributed by atoms with Crippen LogP contribution in [0.1, 0.15) is 35.1 Å². The van der Waals surface area contributed by atoms with Gasteiger partial charge in [-0.05, 0) is 61.6 Å². The first-order valence-electron chi connectivity index (χ1n) is 6.54. The van der Waals surface area contributed by atoms with E-state index in [1.165, 1.54) is 46.6 Å². The van der Waals surface area contributed by atoms with Gasteiger partial charge in [-0.15, -0.1) is 0 Å². The Balaban J connectivity index is 1.96. The summed E-state index contributed by atoms with van der Waals surface area (Å²) in [5.41, 5.74) is 5.69. The Bertz CT molecular complexity index is 381. The predicted octanol–water partition coefficient (Wildman–Crippen LogP) is 3.60. The number of rotatable bonds is 3. The summed E-state index contributed by atoms with van der Waals surface area (Å²) in [5.74, 6) is 2.63. The van der Waals surface area contributed by atoms with Crippen LogP contribution in [0.3, 0.4) is 0 Å². The lowest BCUT2D eigenvalue weighted by Crippen LogP contribution is -2.33. The third kappa shape index (κ3) is 3.49. The molecule has 0 radical (unpaired) electrons. The van der Waals surface area contributed by atoms with Gasteiger partial charge in [0.05, 0.1) is 0 Å². The molecule has 0 amide bonds. The van der Waals surface area contributed by atoms with Gasteiger partial charge in [0.1, 0.15) is 0 Å². The Labute approximate surface area is 109 Å². The largest absolute Gasteiger partial charge is 0.309 e. The maximum absolute atomic E-state index is 3.70. The van der Waals surface area contributed by atoms with Crippen molar-refractivity contribution in [3.8, 4) is 0 Å². The van der Waals surface area contributed by atoms with Gasteiger partial charge in [0.25, 0.3) is 0 Å². The molecule has 0 aliphatic carbocycles. The van der Waals surface area contributed by atoms with Crippen molar-refractivity contribution in [1.82, 2.24) is 5.32 Å². The van der Waals surface area contributed by atoms with Gasteiger partial charge in [0.15, 0.2) is 0 Å². The van der Waals surface area contributed by atoms with E-state index < -0.39 is 0 Å². The lowest BCUT2D eigenvalue weighted by Gasteiger charge is -2.23. The van der Waals surface area contributed by atoms with Gasteiger partial charge in [-0.2, -0.15) is 11.8 Å². The van der Waals surface area contributed by atoms with E-state index in [1.54, 1.807) is 0 Å². The predicted molar refractivity (Wildman–Crippen MR) is 77.8 cm³/mol. The smallest absolute Gasteiger partial charge is 0.0211 e. The topological polar surface area (TPSA) is 12.0 Å². The van der Waals surface area contributed by atoms with Crippen molar-refractivity contribution in [2.45, 2.75) is 46.2 Å². The van der Waals surface area contributed by atoms with Crippen LogP contribution in [0.15, 0.2) is 12.1 Å². The molecule has 1 aliphatic heterocycles. The van der Waals surface area contributed by atoms with E-state index in [2.05, 4.69) is 50.0 Å². The minimum absolute atomic E-state index is 0.717. The molecular formula is C15H23NS. The first kappa shape index (κ1) is 13.0. The van der Waals surface area contributed by atoms with E-state index in [-0.39, 0.29) is 0 Å². The van der Waals surface area contributed by atoms with Crippen molar-refractivity contribution in [3.63, 3.8) is 0 Å². The van der Waals surface area contributed by atoms with Crippen molar-refractivity contribution in [2.24, 2.45) is 0 Å². The molecular weight excluding hydrogens is 226 g/mol. The lowest BCUT2D eigenvalue weighted by atomic mass is 10.0. The molecule has 1 aromatic rings. The normalized spacial score (nSPS) is 20.5. The third-order valence-corrected chi connectivity index (χ3v) is 4.91. The van der Waals surface area contributed by atoms with Crippen LogP contribution >= 0.6 is 11.8 Å². The highest BCUT2D eigenvalue weighted by molar-refractivity contribution is 7.99. The average Bonchev–Trinajstić information content (AvgIpc) is 2.33. The van der Waals surface area contributed by atoms with Gasteiger partial charge < -0.3 is 5.32 Å². The maximum Gasteiger partial charge on any atom is 0.0211 e.